The van der Waals surface area contributed by atoms with E-state index in [9.17, 15) is 9.59 Å². The van der Waals surface area contributed by atoms with Gasteiger partial charge in [-0.25, -0.2) is 4.98 Å². The van der Waals surface area contributed by atoms with Crippen molar-refractivity contribution >= 4 is 34.0 Å². The maximum atomic E-state index is 13.0. The molecule has 1 aromatic carbocycles. The predicted octanol–water partition coefficient (Wildman–Crippen LogP) is 2.48. The third kappa shape index (κ3) is 2.91. The number of para-hydroxylation sites is 1. The van der Waals surface area contributed by atoms with Crippen molar-refractivity contribution in [3.05, 3.63) is 41.4 Å². The summed E-state index contributed by atoms with van der Waals surface area (Å²) < 4.78 is 0. The van der Waals surface area contributed by atoms with Crippen LogP contribution in [-0.2, 0) is 15.0 Å². The van der Waals surface area contributed by atoms with E-state index >= 15 is 0 Å². The molecule has 2 aliphatic heterocycles. The van der Waals surface area contributed by atoms with Crippen molar-refractivity contribution < 1.29 is 9.59 Å². The van der Waals surface area contributed by atoms with Crippen molar-refractivity contribution in [3.63, 3.8) is 0 Å². The summed E-state index contributed by atoms with van der Waals surface area (Å²) in [5, 5.41) is 5.29. The highest BCUT2D eigenvalue weighted by Gasteiger charge is 2.51. The van der Waals surface area contributed by atoms with Crippen LogP contribution in [0.15, 0.2) is 35.8 Å². The van der Waals surface area contributed by atoms with Gasteiger partial charge in [-0.1, -0.05) is 18.2 Å². The van der Waals surface area contributed by atoms with Gasteiger partial charge in [-0.3, -0.25) is 9.59 Å². The van der Waals surface area contributed by atoms with Crippen LogP contribution in [0.3, 0.4) is 0 Å². The Morgan fingerprint density at radius 1 is 1.38 bits per heavy atom. The van der Waals surface area contributed by atoms with Gasteiger partial charge in [-0.15, -0.1) is 11.3 Å². The summed E-state index contributed by atoms with van der Waals surface area (Å²) in [6.07, 6.45) is 3.91. The zero-order valence-corrected chi connectivity index (χ0v) is 15.6. The number of anilines is 2. The molecule has 26 heavy (non-hydrogen) atoms. The van der Waals surface area contributed by atoms with Gasteiger partial charge in [0.05, 0.1) is 5.41 Å². The molecule has 136 valence electrons. The lowest BCUT2D eigenvalue weighted by Gasteiger charge is -2.39. The van der Waals surface area contributed by atoms with Crippen molar-refractivity contribution in [3.8, 4) is 0 Å². The first-order chi connectivity index (χ1) is 12.6. The number of nitrogens with one attached hydrogen (secondary N) is 1. The van der Waals surface area contributed by atoms with Crippen LogP contribution in [-0.4, -0.2) is 48.4 Å². The first kappa shape index (κ1) is 17.2. The average Bonchev–Trinajstić information content (AvgIpc) is 3.24. The zero-order chi connectivity index (χ0) is 18.1. The van der Waals surface area contributed by atoms with Gasteiger partial charge >= 0.3 is 0 Å². The summed E-state index contributed by atoms with van der Waals surface area (Å²) >= 11 is 1.41. The number of likely N-dealkylation sites (N-methyl/N-ethyl adjacent to an activating group) is 1. The van der Waals surface area contributed by atoms with Crippen molar-refractivity contribution in [2.75, 3.05) is 36.9 Å². The van der Waals surface area contributed by atoms with Crippen LogP contribution in [0.1, 0.15) is 24.8 Å². The van der Waals surface area contributed by atoms with Crippen molar-refractivity contribution in [1.82, 2.24) is 9.88 Å². The summed E-state index contributed by atoms with van der Waals surface area (Å²) in [7, 11) is 1.86. The molecule has 4 rings (SSSR count). The second-order valence-electron chi connectivity index (χ2n) is 6.98. The van der Waals surface area contributed by atoms with E-state index in [1.165, 1.54) is 11.3 Å². The third-order valence-electron chi connectivity index (χ3n) is 5.40. The Bertz CT molecular complexity index is 823. The number of aromatic nitrogens is 1. The Kier molecular flexibility index (Phi) is 4.50. The molecule has 1 atom stereocenters. The van der Waals surface area contributed by atoms with Crippen LogP contribution in [0.25, 0.3) is 0 Å². The maximum absolute atomic E-state index is 13.0. The van der Waals surface area contributed by atoms with Crippen LogP contribution in [0.5, 0.6) is 0 Å². The topological polar surface area (TPSA) is 65.5 Å². The Morgan fingerprint density at radius 2 is 2.23 bits per heavy atom. The molecule has 6 nitrogen and oxygen atoms in total. The van der Waals surface area contributed by atoms with Gasteiger partial charge in [0.15, 0.2) is 5.13 Å². The van der Waals surface area contributed by atoms with E-state index in [1.807, 2.05) is 30.6 Å². The molecular formula is C19H22N4O2S. The standard InChI is InChI=1S/C19H22N4O2S/c1-22-15-6-3-2-5-14(15)19(17(22)25)8-4-10-23(13-19)11-7-16(24)21-18-20-9-12-26-18/h2-3,5-6,9,12H,4,7-8,10-11,13H2,1H3,(H,20,21,24)/t19-/m0/s1. The highest BCUT2D eigenvalue weighted by atomic mass is 32.1. The molecule has 2 aliphatic rings. The number of hydrogen-bond donors (Lipinski definition) is 1. The molecular weight excluding hydrogens is 348 g/mol. The highest BCUT2D eigenvalue weighted by molar-refractivity contribution is 7.13. The van der Waals surface area contributed by atoms with E-state index in [4.69, 9.17) is 0 Å². The molecule has 0 saturated carbocycles. The average molecular weight is 370 g/mol. The molecule has 1 fully saturated rings. The maximum Gasteiger partial charge on any atom is 0.238 e. The summed E-state index contributed by atoms with van der Waals surface area (Å²) in [6.45, 7) is 2.25. The van der Waals surface area contributed by atoms with E-state index in [0.29, 0.717) is 24.6 Å². The molecule has 0 aliphatic carbocycles. The number of fused-ring (bicyclic) bond motifs is 2. The zero-order valence-electron chi connectivity index (χ0n) is 14.8. The molecule has 3 heterocycles. The monoisotopic (exact) mass is 370 g/mol. The van der Waals surface area contributed by atoms with Crippen LogP contribution in [0.4, 0.5) is 10.8 Å². The fourth-order valence-electron chi connectivity index (χ4n) is 4.17. The molecule has 7 heteroatoms. The fourth-order valence-corrected chi connectivity index (χ4v) is 4.72. The number of benzene rings is 1. The second kappa shape index (κ2) is 6.81. The normalized spacial score (nSPS) is 22.7. The lowest BCUT2D eigenvalue weighted by atomic mass is 9.75. The minimum absolute atomic E-state index is 0.0326. The molecule has 0 unspecified atom stereocenters. The number of nitrogens with zero attached hydrogens (tertiary/aromatic N) is 3. The Hall–Kier alpha value is -2.25. The summed E-state index contributed by atoms with van der Waals surface area (Å²) in [6, 6.07) is 8.08. The third-order valence-corrected chi connectivity index (χ3v) is 6.09. The second-order valence-corrected chi connectivity index (χ2v) is 7.87. The number of piperidine rings is 1. The van der Waals surface area contributed by atoms with E-state index in [2.05, 4.69) is 21.3 Å². The lowest BCUT2D eigenvalue weighted by molar-refractivity contribution is -0.125. The summed E-state index contributed by atoms with van der Waals surface area (Å²) in [5.74, 6) is 0.144. The number of thiazole rings is 1. The number of likely N-dealkylation sites (tertiary alicyclic amines) is 1. The minimum Gasteiger partial charge on any atom is -0.314 e. The van der Waals surface area contributed by atoms with Gasteiger partial charge in [0, 0.05) is 43.8 Å². The number of rotatable bonds is 4. The molecule has 2 amide bonds. The molecule has 0 radical (unpaired) electrons. The van der Waals surface area contributed by atoms with Crippen molar-refractivity contribution in [2.45, 2.75) is 24.7 Å². The predicted molar refractivity (Wildman–Crippen MR) is 103 cm³/mol. The van der Waals surface area contributed by atoms with Gasteiger partial charge in [0.1, 0.15) is 0 Å². The van der Waals surface area contributed by atoms with Crippen LogP contribution in [0, 0.1) is 0 Å². The molecule has 0 bridgehead atoms. The molecule has 1 spiro atoms. The van der Waals surface area contributed by atoms with E-state index in [0.717, 1.165) is 30.6 Å². The summed E-state index contributed by atoms with van der Waals surface area (Å²) in [5.41, 5.74) is 1.68. The Morgan fingerprint density at radius 3 is 3.04 bits per heavy atom. The fraction of sp³-hybridized carbons (Fsp3) is 0.421. The summed E-state index contributed by atoms with van der Waals surface area (Å²) in [4.78, 5) is 33.3. The highest BCUT2D eigenvalue weighted by Crippen LogP contribution is 2.46. The van der Waals surface area contributed by atoms with Gasteiger partial charge in [-0.05, 0) is 31.0 Å². The largest absolute Gasteiger partial charge is 0.314 e. The lowest BCUT2D eigenvalue weighted by Crippen LogP contribution is -2.51. The SMILES string of the molecule is CN1C(=O)[C@]2(CCCN(CCC(=O)Nc3nccs3)C2)c2ccccc21. The van der Waals surface area contributed by atoms with E-state index in [1.54, 1.807) is 11.1 Å². The molecule has 2 aromatic rings. The Balaban J connectivity index is 1.45. The number of carbonyl (C=O) groups is 2. The quantitative estimate of drug-likeness (QED) is 0.898. The van der Waals surface area contributed by atoms with Gasteiger partial charge in [-0.2, -0.15) is 0 Å². The molecule has 1 saturated heterocycles. The smallest absolute Gasteiger partial charge is 0.238 e. The number of carbonyl (C=O) groups excluding carboxylic acids is 2. The molecule has 1 N–H and O–H groups in total. The van der Waals surface area contributed by atoms with E-state index in [-0.39, 0.29) is 11.8 Å². The van der Waals surface area contributed by atoms with Crippen LogP contribution >= 0.6 is 11.3 Å². The van der Waals surface area contributed by atoms with Crippen molar-refractivity contribution in [2.24, 2.45) is 0 Å². The minimum atomic E-state index is -0.463. The van der Waals surface area contributed by atoms with Gasteiger partial charge in [0.2, 0.25) is 11.8 Å². The Labute approximate surface area is 156 Å². The van der Waals surface area contributed by atoms with Crippen molar-refractivity contribution in [1.29, 1.82) is 0 Å². The molecule has 1 aromatic heterocycles. The number of hydrogen-bond acceptors (Lipinski definition) is 5. The van der Waals surface area contributed by atoms with Crippen LogP contribution in [0.2, 0.25) is 0 Å². The number of amides is 2. The van der Waals surface area contributed by atoms with Gasteiger partial charge in [0.25, 0.3) is 0 Å². The van der Waals surface area contributed by atoms with Crippen LogP contribution < -0.4 is 10.2 Å². The van der Waals surface area contributed by atoms with E-state index < -0.39 is 5.41 Å². The first-order valence-electron chi connectivity index (χ1n) is 8.89. The first-order valence-corrected chi connectivity index (χ1v) is 9.77. The van der Waals surface area contributed by atoms with Gasteiger partial charge < -0.3 is 15.1 Å².